The summed E-state index contributed by atoms with van der Waals surface area (Å²) in [6, 6.07) is 16.6. The van der Waals surface area contributed by atoms with Gasteiger partial charge in [0.2, 0.25) is 0 Å². The van der Waals surface area contributed by atoms with Crippen molar-refractivity contribution in [1.82, 2.24) is 0 Å². The topological polar surface area (TPSA) is 62.1 Å². The lowest BCUT2D eigenvalue weighted by Gasteiger charge is -2.12. The van der Waals surface area contributed by atoms with E-state index in [-0.39, 0.29) is 12.2 Å². The summed E-state index contributed by atoms with van der Waals surface area (Å²) in [6.07, 6.45) is 1.53. The number of halogens is 4. The fourth-order valence-electron chi connectivity index (χ4n) is 2.96. The van der Waals surface area contributed by atoms with Crippen molar-refractivity contribution >= 4 is 72.7 Å². The number of hydrogen-bond donors (Lipinski definition) is 1. The van der Waals surface area contributed by atoms with Crippen LogP contribution in [0, 0.1) is 25.2 Å². The Balaban J connectivity index is 1.79. The van der Waals surface area contributed by atoms with Crippen LogP contribution in [0.15, 0.2) is 63.0 Å². The minimum atomic E-state index is -0.474. The van der Waals surface area contributed by atoms with Gasteiger partial charge in [0, 0.05) is 5.69 Å². The van der Waals surface area contributed by atoms with Crippen LogP contribution in [0.3, 0.4) is 0 Å². The largest absolute Gasteiger partial charge is 0.487 e. The van der Waals surface area contributed by atoms with E-state index in [1.54, 1.807) is 24.3 Å². The van der Waals surface area contributed by atoms with Crippen molar-refractivity contribution in [3.63, 3.8) is 0 Å². The number of anilines is 1. The number of aryl methyl sites for hydroxylation is 2. The number of carbonyl (C=O) groups excluding carboxylic acids is 1. The van der Waals surface area contributed by atoms with E-state index < -0.39 is 5.91 Å². The fourth-order valence-corrected chi connectivity index (χ4v) is 4.73. The van der Waals surface area contributed by atoms with E-state index in [1.807, 2.05) is 44.2 Å². The molecule has 0 heterocycles. The predicted octanol–water partition coefficient (Wildman–Crippen LogP) is 8.26. The molecular formula is C25H18Br2Cl2N2O2. The Morgan fingerprint density at radius 2 is 1.76 bits per heavy atom. The predicted molar refractivity (Wildman–Crippen MR) is 141 cm³/mol. The standard InChI is InChI=1S/C25H18Br2Cl2N2O2/c1-14-3-4-15(2)23(7-14)31-25(32)18(12-30)8-17-9-19(26)24(20(27)10-17)33-13-16-5-6-21(28)22(29)11-16/h3-11H,13H2,1-2H3,(H,31,32)/b18-8+. The molecule has 0 atom stereocenters. The second kappa shape index (κ2) is 11.2. The molecule has 1 amide bonds. The van der Waals surface area contributed by atoms with Crippen LogP contribution in [-0.4, -0.2) is 5.91 Å². The molecule has 0 aliphatic carbocycles. The number of benzene rings is 3. The van der Waals surface area contributed by atoms with Crippen molar-refractivity contribution < 1.29 is 9.53 Å². The molecular weight excluding hydrogens is 591 g/mol. The van der Waals surface area contributed by atoms with Gasteiger partial charge in [0.05, 0.1) is 19.0 Å². The van der Waals surface area contributed by atoms with Crippen molar-refractivity contribution in [3.8, 4) is 11.8 Å². The van der Waals surface area contributed by atoms with Crippen molar-refractivity contribution in [3.05, 3.63) is 95.3 Å². The minimum Gasteiger partial charge on any atom is -0.487 e. The van der Waals surface area contributed by atoms with Crippen molar-refractivity contribution in [2.24, 2.45) is 0 Å². The number of nitrogens with one attached hydrogen (secondary N) is 1. The third-order valence-corrected chi connectivity index (χ3v) is 6.62. The summed E-state index contributed by atoms with van der Waals surface area (Å²) < 4.78 is 7.25. The van der Waals surface area contributed by atoms with Crippen LogP contribution < -0.4 is 10.1 Å². The van der Waals surface area contributed by atoms with E-state index in [4.69, 9.17) is 27.9 Å². The van der Waals surface area contributed by atoms with Crippen LogP contribution in [0.5, 0.6) is 5.75 Å². The molecule has 168 valence electrons. The Hall–Kier alpha value is -2.30. The van der Waals surface area contributed by atoms with Gasteiger partial charge in [-0.25, -0.2) is 0 Å². The highest BCUT2D eigenvalue weighted by molar-refractivity contribution is 9.11. The summed E-state index contributed by atoms with van der Waals surface area (Å²) in [5, 5.41) is 13.3. The Bertz CT molecular complexity index is 1280. The van der Waals surface area contributed by atoms with Gasteiger partial charge in [0.15, 0.2) is 0 Å². The van der Waals surface area contributed by atoms with Crippen molar-refractivity contribution in [1.29, 1.82) is 5.26 Å². The highest BCUT2D eigenvalue weighted by Gasteiger charge is 2.14. The highest BCUT2D eigenvalue weighted by Crippen LogP contribution is 2.36. The van der Waals surface area contributed by atoms with Crippen molar-refractivity contribution in [2.45, 2.75) is 20.5 Å². The van der Waals surface area contributed by atoms with Crippen LogP contribution in [-0.2, 0) is 11.4 Å². The summed E-state index contributed by atoms with van der Waals surface area (Å²) in [5.74, 6) is 0.106. The normalized spacial score (nSPS) is 11.1. The van der Waals surface area contributed by atoms with Gasteiger partial charge in [-0.3, -0.25) is 4.79 Å². The molecule has 8 heteroatoms. The van der Waals surface area contributed by atoms with E-state index >= 15 is 0 Å². The van der Waals surface area contributed by atoms with Gasteiger partial charge in [-0.1, -0.05) is 41.4 Å². The zero-order valence-electron chi connectivity index (χ0n) is 17.7. The minimum absolute atomic E-state index is 0.0146. The van der Waals surface area contributed by atoms with E-state index in [9.17, 15) is 10.1 Å². The molecule has 1 N–H and O–H groups in total. The molecule has 0 aliphatic heterocycles. The summed E-state index contributed by atoms with van der Waals surface area (Å²) in [5.41, 5.74) is 4.11. The second-order valence-electron chi connectivity index (χ2n) is 7.29. The van der Waals surface area contributed by atoms with Gasteiger partial charge >= 0.3 is 0 Å². The first kappa shape index (κ1) is 25.3. The molecule has 3 rings (SSSR count). The molecule has 0 fully saturated rings. The SMILES string of the molecule is Cc1ccc(C)c(NC(=O)/C(C#N)=C/c2cc(Br)c(OCc3ccc(Cl)c(Cl)c3)c(Br)c2)c1. The smallest absolute Gasteiger partial charge is 0.266 e. The van der Waals surface area contributed by atoms with Gasteiger partial charge in [-0.2, -0.15) is 5.26 Å². The molecule has 0 spiro atoms. The Labute approximate surface area is 219 Å². The number of rotatable bonds is 6. The number of amides is 1. The zero-order chi connectivity index (χ0) is 24.1. The van der Waals surface area contributed by atoms with Crippen LogP contribution in [0.4, 0.5) is 5.69 Å². The molecule has 0 bridgehead atoms. The molecule has 3 aromatic rings. The molecule has 33 heavy (non-hydrogen) atoms. The number of nitriles is 1. The molecule has 0 saturated carbocycles. The Kier molecular flexibility index (Phi) is 8.61. The molecule has 0 unspecified atom stereocenters. The van der Waals surface area contributed by atoms with E-state index in [0.29, 0.717) is 36.0 Å². The number of nitrogens with zero attached hydrogens (tertiary/aromatic N) is 1. The van der Waals surface area contributed by atoms with Crippen LogP contribution >= 0.6 is 55.1 Å². The molecule has 3 aromatic carbocycles. The lowest BCUT2D eigenvalue weighted by atomic mass is 10.1. The Morgan fingerprint density at radius 1 is 1.06 bits per heavy atom. The quantitative estimate of drug-likeness (QED) is 0.226. The van der Waals surface area contributed by atoms with Crippen LogP contribution in [0.2, 0.25) is 10.0 Å². The average molecular weight is 609 g/mol. The van der Waals surface area contributed by atoms with E-state index in [2.05, 4.69) is 37.2 Å². The first-order valence-corrected chi connectivity index (χ1v) is 12.1. The summed E-state index contributed by atoms with van der Waals surface area (Å²) in [4.78, 5) is 12.7. The maximum absolute atomic E-state index is 12.7. The van der Waals surface area contributed by atoms with E-state index in [0.717, 1.165) is 16.7 Å². The molecule has 0 aliphatic rings. The van der Waals surface area contributed by atoms with Gasteiger partial charge in [0.1, 0.15) is 24.0 Å². The first-order valence-electron chi connectivity index (χ1n) is 9.74. The lowest BCUT2D eigenvalue weighted by Crippen LogP contribution is -2.14. The van der Waals surface area contributed by atoms with Crippen LogP contribution in [0.1, 0.15) is 22.3 Å². The van der Waals surface area contributed by atoms with E-state index in [1.165, 1.54) is 6.08 Å². The first-order chi connectivity index (χ1) is 15.7. The lowest BCUT2D eigenvalue weighted by molar-refractivity contribution is -0.112. The summed E-state index contributed by atoms with van der Waals surface area (Å²) in [6.45, 7) is 4.12. The van der Waals surface area contributed by atoms with Crippen LogP contribution in [0.25, 0.3) is 6.08 Å². The molecule has 4 nitrogen and oxygen atoms in total. The summed E-state index contributed by atoms with van der Waals surface area (Å²) >= 11 is 19.0. The van der Waals surface area contributed by atoms with Gasteiger partial charge in [-0.15, -0.1) is 0 Å². The maximum Gasteiger partial charge on any atom is 0.266 e. The number of ether oxygens (including phenoxy) is 1. The Morgan fingerprint density at radius 3 is 2.39 bits per heavy atom. The van der Waals surface area contributed by atoms with Gasteiger partial charge in [0.25, 0.3) is 5.91 Å². The number of hydrogen-bond acceptors (Lipinski definition) is 3. The molecule has 0 aromatic heterocycles. The zero-order valence-corrected chi connectivity index (χ0v) is 22.4. The maximum atomic E-state index is 12.7. The van der Waals surface area contributed by atoms with Crippen molar-refractivity contribution in [2.75, 3.05) is 5.32 Å². The average Bonchev–Trinajstić information content (AvgIpc) is 2.76. The number of carbonyl (C=O) groups is 1. The summed E-state index contributed by atoms with van der Waals surface area (Å²) in [7, 11) is 0. The molecule has 0 saturated heterocycles. The third-order valence-electron chi connectivity index (χ3n) is 4.71. The molecule has 0 radical (unpaired) electrons. The monoisotopic (exact) mass is 606 g/mol. The third kappa shape index (κ3) is 6.61. The van der Waals surface area contributed by atoms with Gasteiger partial charge < -0.3 is 10.1 Å². The fraction of sp³-hybridized carbons (Fsp3) is 0.120. The second-order valence-corrected chi connectivity index (χ2v) is 9.82. The highest BCUT2D eigenvalue weighted by atomic mass is 79.9. The van der Waals surface area contributed by atoms with Gasteiger partial charge in [-0.05, 0) is 104 Å².